The van der Waals surface area contributed by atoms with Crippen LogP contribution >= 0.6 is 0 Å². The Kier molecular flexibility index (Phi) is 7.00. The van der Waals surface area contributed by atoms with E-state index in [1.807, 2.05) is 0 Å². The van der Waals surface area contributed by atoms with Crippen molar-refractivity contribution in [2.24, 2.45) is 5.41 Å². The summed E-state index contributed by atoms with van der Waals surface area (Å²) in [6.07, 6.45) is 2.57. The van der Waals surface area contributed by atoms with Gasteiger partial charge in [-0.3, -0.25) is 4.79 Å². The van der Waals surface area contributed by atoms with Crippen molar-refractivity contribution < 1.29 is 23.8 Å². The molecule has 0 spiro atoms. The maximum atomic E-state index is 13.6. The van der Waals surface area contributed by atoms with E-state index in [1.54, 1.807) is 42.3 Å². The van der Waals surface area contributed by atoms with Crippen LogP contribution in [0.25, 0.3) is 22.6 Å². The molecular weight excluding hydrogens is 479 g/mol. The Balaban J connectivity index is 1.41. The highest BCUT2D eigenvalue weighted by molar-refractivity contribution is 5.83. The van der Waals surface area contributed by atoms with Crippen LogP contribution in [0.15, 0.2) is 49.2 Å². The molecule has 0 bridgehead atoms. The maximum Gasteiger partial charge on any atom is 0.233 e. The van der Waals surface area contributed by atoms with Gasteiger partial charge in [0.1, 0.15) is 5.82 Å². The SMILES string of the molecule is C=CCNc1nccc(-c2[nH]c(C3OCC(C)(C(=O)N4CCC(O)C4)CO3)nc2-c2ccc(F)cc2)n1. The smallest absolute Gasteiger partial charge is 0.233 e. The Morgan fingerprint density at radius 2 is 2.05 bits per heavy atom. The number of halogens is 1. The van der Waals surface area contributed by atoms with E-state index in [0.29, 0.717) is 60.5 Å². The summed E-state index contributed by atoms with van der Waals surface area (Å²) in [6.45, 7) is 7.10. The number of nitrogens with zero attached hydrogens (tertiary/aromatic N) is 4. The monoisotopic (exact) mass is 508 g/mol. The van der Waals surface area contributed by atoms with Gasteiger partial charge in [-0.15, -0.1) is 6.58 Å². The van der Waals surface area contributed by atoms with Crippen LogP contribution in [0.2, 0.25) is 0 Å². The van der Waals surface area contributed by atoms with E-state index < -0.39 is 17.8 Å². The number of aliphatic hydroxyl groups excluding tert-OH is 1. The number of H-pyrrole nitrogens is 1. The van der Waals surface area contributed by atoms with Crippen LogP contribution in [-0.2, 0) is 14.3 Å². The highest BCUT2D eigenvalue weighted by Gasteiger charge is 2.44. The highest BCUT2D eigenvalue weighted by Crippen LogP contribution is 2.36. The summed E-state index contributed by atoms with van der Waals surface area (Å²) in [4.78, 5) is 31.5. The zero-order chi connectivity index (χ0) is 26.0. The molecule has 5 rings (SSSR count). The van der Waals surface area contributed by atoms with Gasteiger partial charge in [0.2, 0.25) is 18.1 Å². The minimum absolute atomic E-state index is 0.102. The van der Waals surface area contributed by atoms with Gasteiger partial charge in [-0.1, -0.05) is 6.08 Å². The molecular formula is C26H29FN6O4. The Hall–Kier alpha value is -3.67. The lowest BCUT2D eigenvalue weighted by Crippen LogP contribution is -2.49. The van der Waals surface area contributed by atoms with Crippen molar-refractivity contribution in [1.29, 1.82) is 0 Å². The number of benzene rings is 1. The number of nitrogens with one attached hydrogen (secondary N) is 2. The number of β-amino-alcohol motifs (C(OH)–C–C–N with tert-alkyl or cyclic N) is 1. The topological polar surface area (TPSA) is 125 Å². The predicted molar refractivity (Wildman–Crippen MR) is 134 cm³/mol. The molecule has 194 valence electrons. The molecule has 0 radical (unpaired) electrons. The Bertz CT molecular complexity index is 1270. The molecule has 3 aromatic rings. The summed E-state index contributed by atoms with van der Waals surface area (Å²) in [5, 5.41) is 12.9. The summed E-state index contributed by atoms with van der Waals surface area (Å²) in [6, 6.07) is 7.75. The average Bonchev–Trinajstić information content (AvgIpc) is 3.55. The van der Waals surface area contributed by atoms with Gasteiger partial charge in [0.25, 0.3) is 0 Å². The second-order valence-corrected chi connectivity index (χ2v) is 9.50. The summed E-state index contributed by atoms with van der Waals surface area (Å²) in [5.74, 6) is 0.368. The van der Waals surface area contributed by atoms with E-state index in [9.17, 15) is 14.3 Å². The van der Waals surface area contributed by atoms with Crippen LogP contribution in [0.3, 0.4) is 0 Å². The van der Waals surface area contributed by atoms with Crippen LogP contribution in [0, 0.1) is 11.2 Å². The van der Waals surface area contributed by atoms with Crippen LogP contribution < -0.4 is 5.32 Å². The number of amides is 1. The highest BCUT2D eigenvalue weighted by atomic mass is 19.1. The number of likely N-dealkylation sites (tertiary alicyclic amines) is 1. The fourth-order valence-corrected chi connectivity index (χ4v) is 4.45. The Morgan fingerprint density at radius 3 is 2.73 bits per heavy atom. The molecule has 11 heteroatoms. The van der Waals surface area contributed by atoms with Gasteiger partial charge in [0, 0.05) is 31.4 Å². The van der Waals surface area contributed by atoms with Crippen LogP contribution in [0.4, 0.5) is 10.3 Å². The minimum Gasteiger partial charge on any atom is -0.391 e. The summed E-state index contributed by atoms with van der Waals surface area (Å²) in [7, 11) is 0. The largest absolute Gasteiger partial charge is 0.391 e. The minimum atomic E-state index is -0.867. The molecule has 4 heterocycles. The van der Waals surface area contributed by atoms with Crippen LogP contribution in [0.1, 0.15) is 25.5 Å². The first-order chi connectivity index (χ1) is 17.9. The molecule has 37 heavy (non-hydrogen) atoms. The average molecular weight is 509 g/mol. The van der Waals surface area contributed by atoms with Crippen molar-refractivity contribution in [2.45, 2.75) is 25.7 Å². The van der Waals surface area contributed by atoms with Crippen molar-refractivity contribution in [3.05, 3.63) is 60.8 Å². The lowest BCUT2D eigenvalue weighted by molar-refractivity contribution is -0.234. The Labute approximate surface area is 213 Å². The molecule has 2 saturated heterocycles. The molecule has 1 aromatic carbocycles. The van der Waals surface area contributed by atoms with E-state index in [2.05, 4.69) is 26.8 Å². The van der Waals surface area contributed by atoms with Gasteiger partial charge >= 0.3 is 0 Å². The van der Waals surface area contributed by atoms with Gasteiger partial charge in [0.05, 0.1) is 41.8 Å². The first kappa shape index (κ1) is 25.0. The molecule has 0 aliphatic carbocycles. The van der Waals surface area contributed by atoms with Gasteiger partial charge in [-0.2, -0.15) is 0 Å². The number of hydrogen-bond donors (Lipinski definition) is 3. The number of ether oxygens (including phenoxy) is 2. The number of carbonyl (C=O) groups excluding carboxylic acids is 1. The molecule has 10 nitrogen and oxygen atoms in total. The van der Waals surface area contributed by atoms with E-state index in [0.717, 1.165) is 0 Å². The quantitative estimate of drug-likeness (QED) is 0.416. The van der Waals surface area contributed by atoms with Crippen LogP contribution in [-0.4, -0.2) is 74.8 Å². The molecule has 3 N–H and O–H groups in total. The summed E-state index contributed by atoms with van der Waals surface area (Å²) < 4.78 is 25.6. The molecule has 2 aliphatic heterocycles. The normalized spacial score (nSPS) is 23.7. The van der Waals surface area contributed by atoms with Crippen molar-refractivity contribution in [3.8, 4) is 22.6 Å². The molecule has 2 aromatic heterocycles. The fourth-order valence-electron chi connectivity index (χ4n) is 4.45. The molecule has 1 atom stereocenters. The summed E-state index contributed by atoms with van der Waals surface area (Å²) in [5.41, 5.74) is 1.53. The van der Waals surface area contributed by atoms with E-state index >= 15 is 0 Å². The number of aromatic nitrogens is 4. The number of aromatic amines is 1. The number of aliphatic hydroxyl groups is 1. The van der Waals surface area contributed by atoms with Crippen molar-refractivity contribution in [3.63, 3.8) is 0 Å². The van der Waals surface area contributed by atoms with Crippen molar-refractivity contribution in [1.82, 2.24) is 24.8 Å². The van der Waals surface area contributed by atoms with Gasteiger partial charge in [-0.05, 0) is 43.7 Å². The molecule has 0 saturated carbocycles. The fraction of sp³-hybridized carbons (Fsp3) is 0.385. The van der Waals surface area contributed by atoms with Gasteiger partial charge in [-0.25, -0.2) is 19.3 Å². The van der Waals surface area contributed by atoms with E-state index in [4.69, 9.17) is 14.5 Å². The molecule has 2 fully saturated rings. The number of imidazole rings is 1. The Morgan fingerprint density at radius 1 is 1.30 bits per heavy atom. The van der Waals surface area contributed by atoms with Crippen molar-refractivity contribution >= 4 is 11.9 Å². The van der Waals surface area contributed by atoms with Gasteiger partial charge in [0.15, 0.2) is 5.82 Å². The summed E-state index contributed by atoms with van der Waals surface area (Å²) >= 11 is 0. The molecule has 2 aliphatic rings. The number of rotatable bonds is 7. The zero-order valence-corrected chi connectivity index (χ0v) is 20.5. The third-order valence-corrected chi connectivity index (χ3v) is 6.45. The van der Waals surface area contributed by atoms with Crippen LogP contribution in [0.5, 0.6) is 0 Å². The second kappa shape index (κ2) is 10.4. The first-order valence-electron chi connectivity index (χ1n) is 12.1. The molecule has 1 amide bonds. The van der Waals surface area contributed by atoms with E-state index in [1.165, 1.54) is 12.1 Å². The second-order valence-electron chi connectivity index (χ2n) is 9.50. The van der Waals surface area contributed by atoms with Gasteiger partial charge < -0.3 is 29.8 Å². The third-order valence-electron chi connectivity index (χ3n) is 6.45. The predicted octanol–water partition coefficient (Wildman–Crippen LogP) is 2.92. The maximum absolute atomic E-state index is 13.6. The lowest BCUT2D eigenvalue weighted by atomic mass is 9.90. The molecule has 1 unspecified atom stereocenters. The number of hydrogen-bond acceptors (Lipinski definition) is 8. The number of anilines is 1. The third kappa shape index (κ3) is 5.24. The standard InChI is InChI=1S/C26H29FN6O4/c1-3-10-28-25-29-11-8-19(30-25)21-20(16-4-6-17(27)7-5-16)31-22(32-21)23-36-14-26(2,15-37-23)24(35)33-12-9-18(34)13-33/h3-8,11,18,23,34H,1,9-10,12-15H2,2H3,(H,31,32)(H,28,29,30). The van der Waals surface area contributed by atoms with E-state index in [-0.39, 0.29) is 24.9 Å². The van der Waals surface area contributed by atoms with Crippen molar-refractivity contribution in [2.75, 3.05) is 38.2 Å². The lowest BCUT2D eigenvalue weighted by Gasteiger charge is -2.37. The first-order valence-corrected chi connectivity index (χ1v) is 12.1. The number of carbonyl (C=O) groups is 1. The zero-order valence-electron chi connectivity index (χ0n) is 20.5.